The zero-order valence-corrected chi connectivity index (χ0v) is 21.8. The van der Waals surface area contributed by atoms with Gasteiger partial charge in [-0.15, -0.1) is 23.5 Å². The third-order valence-electron chi connectivity index (χ3n) is 5.54. The topological polar surface area (TPSA) is 93.2 Å². The van der Waals surface area contributed by atoms with Gasteiger partial charge in [0.25, 0.3) is 0 Å². The van der Waals surface area contributed by atoms with E-state index in [9.17, 15) is 19.2 Å². The molecule has 0 bridgehead atoms. The van der Waals surface area contributed by atoms with Crippen molar-refractivity contribution in [3.05, 3.63) is 23.3 Å². The first-order valence-corrected chi connectivity index (χ1v) is 13.8. The van der Waals surface area contributed by atoms with Crippen molar-refractivity contribution in [2.45, 2.75) is 51.0 Å². The third-order valence-corrected chi connectivity index (χ3v) is 7.93. The number of esters is 2. The first-order chi connectivity index (χ1) is 16.4. The van der Waals surface area contributed by atoms with Crippen LogP contribution in [0.25, 0.3) is 0 Å². The highest BCUT2D eigenvalue weighted by atomic mass is 32.2. The van der Waals surface area contributed by atoms with Crippen molar-refractivity contribution in [1.82, 2.24) is 0 Å². The Labute approximate surface area is 209 Å². The molecule has 0 aromatic heterocycles. The van der Waals surface area contributed by atoms with Crippen LogP contribution in [0.2, 0.25) is 0 Å². The number of thioether (sulfide) groups is 2. The van der Waals surface area contributed by atoms with Crippen molar-refractivity contribution in [2.24, 2.45) is 0 Å². The fraction of sp³-hybridized carbons (Fsp3) is 0.583. The Kier molecular flexibility index (Phi) is 9.30. The van der Waals surface area contributed by atoms with E-state index in [0.29, 0.717) is 26.3 Å². The molecule has 2 amide bonds. The molecular weight excluding hydrogens is 476 g/mol. The largest absolute Gasteiger partial charge is 0.465 e. The van der Waals surface area contributed by atoms with Crippen LogP contribution >= 0.6 is 23.5 Å². The van der Waals surface area contributed by atoms with Gasteiger partial charge in [0.15, 0.2) is 0 Å². The smallest absolute Gasteiger partial charge is 0.315 e. The van der Waals surface area contributed by atoms with Crippen LogP contribution in [-0.4, -0.2) is 61.6 Å². The molecule has 8 nitrogen and oxygen atoms in total. The summed E-state index contributed by atoms with van der Waals surface area (Å²) in [4.78, 5) is 54.0. The first-order valence-electron chi connectivity index (χ1n) is 11.7. The SMILES string of the molecule is CCCN1C(=O)C(SCC(=O)OCC)c2cc3c(cc21)N(CCC)C(=O)C3SCC(=O)OCC. The second-order valence-corrected chi connectivity index (χ2v) is 10.1. The number of amides is 2. The van der Waals surface area contributed by atoms with Gasteiger partial charge in [-0.2, -0.15) is 0 Å². The van der Waals surface area contributed by atoms with Crippen LogP contribution in [0.4, 0.5) is 11.4 Å². The number of nitrogens with zero attached hydrogens (tertiary/aromatic N) is 2. The summed E-state index contributed by atoms with van der Waals surface area (Å²) in [5, 5.41) is -1.08. The normalized spacial score (nSPS) is 18.8. The quantitative estimate of drug-likeness (QED) is 0.393. The molecule has 3 rings (SSSR count). The van der Waals surface area contributed by atoms with Crippen LogP contribution in [0.15, 0.2) is 12.1 Å². The monoisotopic (exact) mass is 508 g/mol. The molecule has 10 heteroatoms. The van der Waals surface area contributed by atoms with Crippen molar-refractivity contribution in [1.29, 1.82) is 0 Å². The van der Waals surface area contributed by atoms with E-state index in [1.807, 2.05) is 26.0 Å². The molecule has 0 spiro atoms. The van der Waals surface area contributed by atoms with Gasteiger partial charge in [-0.25, -0.2) is 0 Å². The van der Waals surface area contributed by atoms with Gasteiger partial charge in [-0.3, -0.25) is 19.2 Å². The molecule has 0 saturated carbocycles. The van der Waals surface area contributed by atoms with Crippen molar-refractivity contribution in [2.75, 3.05) is 47.6 Å². The predicted octanol–water partition coefficient (Wildman–Crippen LogP) is 3.87. The van der Waals surface area contributed by atoms with Gasteiger partial charge in [0.2, 0.25) is 11.8 Å². The average molecular weight is 509 g/mol. The highest BCUT2D eigenvalue weighted by Crippen LogP contribution is 2.52. The maximum Gasteiger partial charge on any atom is 0.315 e. The average Bonchev–Trinajstić information content (AvgIpc) is 3.21. The summed E-state index contributed by atoms with van der Waals surface area (Å²) in [6, 6.07) is 3.86. The summed E-state index contributed by atoms with van der Waals surface area (Å²) in [6.07, 6.45) is 1.57. The molecule has 2 heterocycles. The van der Waals surface area contributed by atoms with Crippen LogP contribution in [0, 0.1) is 0 Å². The molecule has 186 valence electrons. The van der Waals surface area contributed by atoms with Crippen molar-refractivity contribution < 1.29 is 28.7 Å². The molecule has 0 N–H and O–H groups in total. The van der Waals surface area contributed by atoms with E-state index in [0.717, 1.165) is 35.3 Å². The van der Waals surface area contributed by atoms with E-state index in [-0.39, 0.29) is 35.3 Å². The molecule has 2 aliphatic heterocycles. The maximum absolute atomic E-state index is 13.3. The fourth-order valence-corrected chi connectivity index (χ4v) is 6.27. The number of hydrogen-bond acceptors (Lipinski definition) is 8. The van der Waals surface area contributed by atoms with Gasteiger partial charge in [0.1, 0.15) is 10.5 Å². The fourth-order valence-electron chi connectivity index (χ4n) is 4.22. The van der Waals surface area contributed by atoms with E-state index in [2.05, 4.69) is 0 Å². The maximum atomic E-state index is 13.3. The molecule has 2 aliphatic rings. The standard InChI is InChI=1S/C24H32N2O6S2/c1-5-9-25-17-12-18-16(11-15(17)21(23(25)29)33-13-19(27)31-7-3)22(24(30)26(18)10-6-2)34-14-20(28)32-8-4/h11-12,21-22H,5-10,13-14H2,1-4H3. The van der Waals surface area contributed by atoms with Gasteiger partial charge in [0.05, 0.1) is 36.1 Å². The van der Waals surface area contributed by atoms with Gasteiger partial charge in [-0.1, -0.05) is 13.8 Å². The highest BCUT2D eigenvalue weighted by molar-refractivity contribution is 8.01. The molecule has 1 aromatic rings. The van der Waals surface area contributed by atoms with E-state index in [1.165, 1.54) is 23.5 Å². The number of hydrogen-bond donors (Lipinski definition) is 0. The van der Waals surface area contributed by atoms with Crippen LogP contribution < -0.4 is 9.80 Å². The molecule has 2 atom stereocenters. The van der Waals surface area contributed by atoms with Gasteiger partial charge in [0, 0.05) is 13.1 Å². The van der Waals surface area contributed by atoms with Crippen molar-refractivity contribution in [3.63, 3.8) is 0 Å². The highest BCUT2D eigenvalue weighted by Gasteiger charge is 2.44. The Morgan fingerprint density at radius 2 is 1.18 bits per heavy atom. The number of rotatable bonds is 12. The number of carbonyl (C=O) groups excluding carboxylic acids is 4. The Morgan fingerprint density at radius 3 is 1.53 bits per heavy atom. The van der Waals surface area contributed by atoms with Crippen molar-refractivity contribution >= 4 is 58.7 Å². The van der Waals surface area contributed by atoms with E-state index in [4.69, 9.17) is 9.47 Å². The molecular formula is C24H32N2O6S2. The van der Waals surface area contributed by atoms with Gasteiger partial charge >= 0.3 is 11.9 Å². The lowest BCUT2D eigenvalue weighted by atomic mass is 10.1. The Balaban J connectivity index is 1.98. The molecule has 0 fully saturated rings. The summed E-state index contributed by atoms with van der Waals surface area (Å²) in [7, 11) is 0. The predicted molar refractivity (Wildman–Crippen MR) is 135 cm³/mol. The minimum Gasteiger partial charge on any atom is -0.465 e. The number of carbonyl (C=O) groups is 4. The zero-order valence-electron chi connectivity index (χ0n) is 20.1. The minimum absolute atomic E-state index is 0.0566. The Morgan fingerprint density at radius 1 is 0.765 bits per heavy atom. The summed E-state index contributed by atoms with van der Waals surface area (Å²) in [6.45, 7) is 9.21. The molecule has 1 aromatic carbocycles. The lowest BCUT2D eigenvalue weighted by molar-refractivity contribution is -0.140. The zero-order chi connectivity index (χ0) is 24.8. The molecule has 0 aliphatic carbocycles. The number of fused-ring (bicyclic) bond motifs is 2. The number of ether oxygens (including phenoxy) is 2. The summed E-state index contributed by atoms with van der Waals surface area (Å²) in [5.74, 6) is -0.684. The lowest BCUT2D eigenvalue weighted by Gasteiger charge is -2.20. The van der Waals surface area contributed by atoms with Gasteiger partial charge in [-0.05, 0) is 49.9 Å². The third kappa shape index (κ3) is 5.38. The van der Waals surface area contributed by atoms with E-state index in [1.54, 1.807) is 23.6 Å². The summed E-state index contributed by atoms with van der Waals surface area (Å²) < 4.78 is 10.1. The van der Waals surface area contributed by atoms with Crippen molar-refractivity contribution in [3.8, 4) is 0 Å². The van der Waals surface area contributed by atoms with Gasteiger partial charge < -0.3 is 19.3 Å². The minimum atomic E-state index is -0.540. The van der Waals surface area contributed by atoms with E-state index >= 15 is 0 Å². The molecule has 2 unspecified atom stereocenters. The molecule has 0 saturated heterocycles. The Bertz CT molecular complexity index is 882. The first kappa shape index (κ1) is 26.4. The summed E-state index contributed by atoms with van der Waals surface area (Å²) >= 11 is 2.50. The second-order valence-electron chi connectivity index (χ2n) is 7.94. The number of benzene rings is 1. The van der Waals surface area contributed by atoms with Crippen LogP contribution in [0.5, 0.6) is 0 Å². The van der Waals surface area contributed by atoms with Crippen LogP contribution in [0.1, 0.15) is 62.2 Å². The number of anilines is 2. The Hall–Kier alpha value is -2.20. The molecule has 0 radical (unpaired) electrons. The summed E-state index contributed by atoms with van der Waals surface area (Å²) in [5.41, 5.74) is 3.19. The van der Waals surface area contributed by atoms with Crippen LogP contribution in [-0.2, 0) is 28.7 Å². The molecule has 34 heavy (non-hydrogen) atoms. The lowest BCUT2D eigenvalue weighted by Crippen LogP contribution is -2.30. The second kappa shape index (κ2) is 12.0. The van der Waals surface area contributed by atoms with E-state index < -0.39 is 10.5 Å². The van der Waals surface area contributed by atoms with Crippen LogP contribution in [0.3, 0.4) is 0 Å².